The van der Waals surface area contributed by atoms with Crippen LogP contribution < -0.4 is 22.1 Å². The van der Waals surface area contributed by atoms with Crippen molar-refractivity contribution >= 4 is 58.3 Å². The number of aliphatic imine (C=N–C) groups is 1. The van der Waals surface area contributed by atoms with E-state index in [4.69, 9.17) is 21.3 Å². The van der Waals surface area contributed by atoms with Crippen LogP contribution in [0.5, 0.6) is 0 Å². The standard InChI is InChI=1S/C22H30IN5O8/c1-12(29)5-8-16(19(31)32)28-22(35)36-17(20(33)34)4-2-3-9-26-18(30)13-6-7-14(15(23)10-13)11-27-21(24)25/h6-7,10,16-17H,2-5,8-9,11H2,1H3,(H,26,30)(H,28,35)(H,31,32)(H,33,34)(H4,24,25,27)/t16-,17-/m0/s1/i23+4. The fourth-order valence-electron chi connectivity index (χ4n) is 2.90. The minimum absolute atomic E-state index is 0.0297. The second-order valence-electron chi connectivity index (χ2n) is 7.81. The Morgan fingerprint density at radius 3 is 2.33 bits per heavy atom. The maximum absolute atomic E-state index is 12.4. The monoisotopic (exact) mass is 623 g/mol. The summed E-state index contributed by atoms with van der Waals surface area (Å²) < 4.78 is 5.66. The minimum atomic E-state index is -1.50. The summed E-state index contributed by atoms with van der Waals surface area (Å²) in [7, 11) is 0. The van der Waals surface area contributed by atoms with Crippen molar-refractivity contribution in [3.63, 3.8) is 0 Å². The number of nitrogens with zero attached hydrogens (tertiary/aromatic N) is 1. The van der Waals surface area contributed by atoms with Crippen molar-refractivity contribution in [1.82, 2.24) is 10.6 Å². The zero-order valence-electron chi connectivity index (χ0n) is 19.7. The third kappa shape index (κ3) is 11.8. The molecule has 198 valence electrons. The molecule has 1 aromatic carbocycles. The lowest BCUT2D eigenvalue weighted by molar-refractivity contribution is -0.147. The average molecular weight is 623 g/mol. The van der Waals surface area contributed by atoms with Crippen molar-refractivity contribution in [3.8, 4) is 0 Å². The molecule has 0 spiro atoms. The summed E-state index contributed by atoms with van der Waals surface area (Å²) >= 11 is 2.08. The van der Waals surface area contributed by atoms with Gasteiger partial charge in [-0.1, -0.05) is 6.07 Å². The molecule has 0 saturated heterocycles. The highest BCUT2D eigenvalue weighted by molar-refractivity contribution is 14.1. The van der Waals surface area contributed by atoms with Crippen molar-refractivity contribution in [3.05, 3.63) is 32.9 Å². The number of hydrogen-bond acceptors (Lipinski definition) is 7. The minimum Gasteiger partial charge on any atom is -0.480 e. The van der Waals surface area contributed by atoms with Gasteiger partial charge < -0.3 is 41.8 Å². The number of ketones is 1. The summed E-state index contributed by atoms with van der Waals surface area (Å²) in [5.41, 5.74) is 12.0. The summed E-state index contributed by atoms with van der Waals surface area (Å²) in [4.78, 5) is 61.9. The van der Waals surface area contributed by atoms with Gasteiger partial charge in [0.15, 0.2) is 5.96 Å². The molecule has 0 aliphatic carbocycles. The number of rotatable bonds is 15. The largest absolute Gasteiger partial charge is 0.480 e. The maximum Gasteiger partial charge on any atom is 0.408 e. The van der Waals surface area contributed by atoms with Crippen LogP contribution >= 0.6 is 22.6 Å². The number of aliphatic carboxylic acids is 2. The van der Waals surface area contributed by atoms with E-state index in [2.05, 4.69) is 38.2 Å². The van der Waals surface area contributed by atoms with Crippen LogP contribution in [0, 0.1) is 3.57 Å². The molecular formula is C22H30IN5O8. The second-order valence-corrected chi connectivity index (χ2v) is 8.97. The highest BCUT2D eigenvalue weighted by Crippen LogP contribution is 2.16. The van der Waals surface area contributed by atoms with E-state index in [1.165, 1.54) is 6.92 Å². The number of amides is 2. The van der Waals surface area contributed by atoms with E-state index in [9.17, 15) is 29.1 Å². The van der Waals surface area contributed by atoms with E-state index >= 15 is 0 Å². The number of carbonyl (C=O) groups excluding carboxylic acids is 3. The molecule has 0 aliphatic rings. The normalized spacial score (nSPS) is 12.1. The van der Waals surface area contributed by atoms with E-state index < -0.39 is 30.2 Å². The van der Waals surface area contributed by atoms with Gasteiger partial charge in [-0.2, -0.15) is 0 Å². The smallest absolute Gasteiger partial charge is 0.408 e. The Morgan fingerprint density at radius 2 is 1.78 bits per heavy atom. The van der Waals surface area contributed by atoms with Gasteiger partial charge in [-0.05, 0) is 72.9 Å². The van der Waals surface area contributed by atoms with Gasteiger partial charge in [-0.3, -0.25) is 4.79 Å². The topological polar surface area (TPSA) is 223 Å². The first kappa shape index (κ1) is 30.6. The van der Waals surface area contributed by atoms with Crippen LogP contribution in [0.4, 0.5) is 4.79 Å². The molecule has 1 aromatic rings. The lowest BCUT2D eigenvalue weighted by Gasteiger charge is -2.17. The molecule has 0 bridgehead atoms. The molecule has 1 rings (SSSR count). The Hall–Kier alpha value is -3.43. The van der Waals surface area contributed by atoms with Gasteiger partial charge in [-0.25, -0.2) is 19.4 Å². The average Bonchev–Trinajstić information content (AvgIpc) is 2.79. The molecule has 2 amide bonds. The number of Topliss-reactive ketones (excluding diaryl/α,β-unsaturated/α-hetero) is 1. The molecule has 36 heavy (non-hydrogen) atoms. The Kier molecular flexibility index (Phi) is 13.2. The van der Waals surface area contributed by atoms with Gasteiger partial charge in [0.25, 0.3) is 5.91 Å². The highest BCUT2D eigenvalue weighted by atomic mass is 131. The lowest BCUT2D eigenvalue weighted by Crippen LogP contribution is -2.43. The predicted molar refractivity (Wildman–Crippen MR) is 137 cm³/mol. The number of ether oxygens (including phenoxy) is 1. The summed E-state index contributed by atoms with van der Waals surface area (Å²) in [5, 5.41) is 23.2. The number of benzene rings is 1. The molecule has 0 unspecified atom stereocenters. The third-order valence-electron chi connectivity index (χ3n) is 4.83. The van der Waals surface area contributed by atoms with Crippen LogP contribution in [-0.4, -0.2) is 64.6 Å². The molecule has 0 radical (unpaired) electrons. The molecule has 0 saturated carbocycles. The second kappa shape index (κ2) is 15.5. The van der Waals surface area contributed by atoms with Crippen molar-refractivity contribution in [1.29, 1.82) is 0 Å². The molecular weight excluding hydrogens is 593 g/mol. The maximum atomic E-state index is 12.4. The summed E-state index contributed by atoms with van der Waals surface area (Å²) in [6, 6.07) is 3.71. The first-order chi connectivity index (χ1) is 16.9. The van der Waals surface area contributed by atoms with Crippen molar-refractivity contribution in [2.45, 2.75) is 57.7 Å². The fourth-order valence-corrected chi connectivity index (χ4v) is 3.58. The number of unbranched alkanes of at least 4 members (excludes halogenated alkanes) is 1. The van der Waals surface area contributed by atoms with E-state index in [1.807, 2.05) is 0 Å². The first-order valence-electron chi connectivity index (χ1n) is 10.9. The van der Waals surface area contributed by atoms with Crippen molar-refractivity contribution in [2.24, 2.45) is 16.5 Å². The Morgan fingerprint density at radius 1 is 1.08 bits per heavy atom. The van der Waals surface area contributed by atoms with Crippen LogP contribution in [0.3, 0.4) is 0 Å². The van der Waals surface area contributed by atoms with Gasteiger partial charge in [0.1, 0.15) is 11.8 Å². The summed E-state index contributed by atoms with van der Waals surface area (Å²) in [6.45, 7) is 1.84. The molecule has 0 fully saturated rings. The van der Waals surface area contributed by atoms with Gasteiger partial charge in [0.05, 0.1) is 6.54 Å². The van der Waals surface area contributed by atoms with Gasteiger partial charge in [0, 0.05) is 22.1 Å². The van der Waals surface area contributed by atoms with Crippen LogP contribution in [0.25, 0.3) is 0 Å². The number of guanidine groups is 1. The van der Waals surface area contributed by atoms with Crippen LogP contribution in [0.1, 0.15) is 54.9 Å². The molecule has 8 N–H and O–H groups in total. The summed E-state index contributed by atoms with van der Waals surface area (Å²) in [6.07, 6.45) is -2.22. The lowest BCUT2D eigenvalue weighted by atomic mass is 10.1. The van der Waals surface area contributed by atoms with E-state index in [-0.39, 0.29) is 43.5 Å². The van der Waals surface area contributed by atoms with E-state index in [1.54, 1.807) is 18.2 Å². The van der Waals surface area contributed by atoms with Gasteiger partial charge in [0.2, 0.25) is 6.10 Å². The molecule has 0 aromatic heterocycles. The van der Waals surface area contributed by atoms with E-state index in [0.29, 0.717) is 24.9 Å². The molecule has 2 atom stereocenters. The SMILES string of the molecule is CC(=O)CC[C@H](NC(=O)O[C@@H](CCCCNC(=O)c1ccc(CN=C(N)N)c([131I])c1)C(=O)O)C(=O)O. The van der Waals surface area contributed by atoms with Crippen LogP contribution in [0.15, 0.2) is 23.2 Å². The number of halogens is 1. The van der Waals surface area contributed by atoms with Crippen LogP contribution in [-0.2, 0) is 25.7 Å². The summed E-state index contributed by atoms with van der Waals surface area (Å²) in [5.74, 6) is -3.34. The number of carboxylic acids is 2. The first-order valence-corrected chi connectivity index (χ1v) is 12.0. The Labute approximate surface area is 221 Å². The highest BCUT2D eigenvalue weighted by Gasteiger charge is 2.26. The Bertz CT molecular complexity index is 997. The van der Waals surface area contributed by atoms with Gasteiger partial charge in [-0.15, -0.1) is 0 Å². The van der Waals surface area contributed by atoms with Crippen LogP contribution in [0.2, 0.25) is 0 Å². The number of carboxylic acid groups (broad SMARTS) is 2. The molecule has 14 heteroatoms. The predicted octanol–water partition coefficient (Wildman–Crippen LogP) is 0.967. The number of hydrogen-bond donors (Lipinski definition) is 6. The number of alkyl carbamates (subject to hydrolysis) is 1. The zero-order chi connectivity index (χ0) is 27.3. The molecule has 0 aliphatic heterocycles. The Balaban J connectivity index is 2.48. The number of nitrogens with one attached hydrogen (secondary N) is 2. The van der Waals surface area contributed by atoms with Gasteiger partial charge >= 0.3 is 18.0 Å². The quantitative estimate of drug-likeness (QED) is 0.0703. The number of nitrogens with two attached hydrogens (primary N) is 2. The van der Waals surface area contributed by atoms with Crippen molar-refractivity contribution < 1.29 is 38.9 Å². The zero-order valence-corrected chi connectivity index (χ0v) is 21.8. The molecule has 13 nitrogen and oxygen atoms in total. The third-order valence-corrected chi connectivity index (χ3v) is 5.83. The van der Waals surface area contributed by atoms with Crippen molar-refractivity contribution in [2.75, 3.05) is 6.54 Å². The fraction of sp³-hybridized carbons (Fsp3) is 0.455. The molecule has 0 heterocycles. The van der Waals surface area contributed by atoms with E-state index in [0.717, 1.165) is 9.13 Å². The number of carbonyl (C=O) groups is 5.